The van der Waals surface area contributed by atoms with Crippen molar-refractivity contribution in [1.29, 1.82) is 0 Å². The fourth-order valence-electron chi connectivity index (χ4n) is 1.92. The summed E-state index contributed by atoms with van der Waals surface area (Å²) >= 11 is 1.57. The second kappa shape index (κ2) is 5.97. The summed E-state index contributed by atoms with van der Waals surface area (Å²) in [4.78, 5) is 16.1. The number of nitrogens with zero attached hydrogens (tertiary/aromatic N) is 2. The SMILES string of the molecule is Cc1cc(C[C@H](C)NC(=O)Cc2csc(C)n2)n[nH]1. The van der Waals surface area contributed by atoms with Gasteiger partial charge in [-0.2, -0.15) is 5.10 Å². The van der Waals surface area contributed by atoms with E-state index in [-0.39, 0.29) is 11.9 Å². The Morgan fingerprint density at radius 3 is 2.84 bits per heavy atom. The Morgan fingerprint density at radius 1 is 1.47 bits per heavy atom. The van der Waals surface area contributed by atoms with Gasteiger partial charge >= 0.3 is 0 Å². The Balaban J connectivity index is 1.81. The highest BCUT2D eigenvalue weighted by atomic mass is 32.1. The largest absolute Gasteiger partial charge is 0.353 e. The normalized spacial score (nSPS) is 12.4. The van der Waals surface area contributed by atoms with Crippen molar-refractivity contribution >= 4 is 17.2 Å². The average Bonchev–Trinajstić information content (AvgIpc) is 2.87. The highest BCUT2D eigenvalue weighted by molar-refractivity contribution is 7.09. The zero-order valence-electron chi connectivity index (χ0n) is 11.4. The minimum atomic E-state index is 0.00468. The van der Waals surface area contributed by atoms with Crippen LogP contribution in [0.5, 0.6) is 0 Å². The number of thiazole rings is 1. The molecule has 102 valence electrons. The number of carbonyl (C=O) groups excluding carboxylic acids is 1. The Kier molecular flexibility index (Phi) is 4.31. The molecule has 0 fully saturated rings. The van der Waals surface area contributed by atoms with E-state index in [1.165, 1.54) is 0 Å². The Hall–Kier alpha value is -1.69. The number of carbonyl (C=O) groups is 1. The van der Waals surface area contributed by atoms with E-state index >= 15 is 0 Å². The smallest absolute Gasteiger partial charge is 0.226 e. The maximum absolute atomic E-state index is 11.9. The lowest BCUT2D eigenvalue weighted by molar-refractivity contribution is -0.121. The van der Waals surface area contributed by atoms with Crippen molar-refractivity contribution in [2.75, 3.05) is 0 Å². The molecule has 0 bridgehead atoms. The molecule has 0 spiro atoms. The monoisotopic (exact) mass is 278 g/mol. The molecule has 0 aliphatic heterocycles. The van der Waals surface area contributed by atoms with E-state index in [9.17, 15) is 4.79 Å². The minimum Gasteiger partial charge on any atom is -0.353 e. The molecule has 19 heavy (non-hydrogen) atoms. The quantitative estimate of drug-likeness (QED) is 0.875. The number of hydrogen-bond donors (Lipinski definition) is 2. The summed E-state index contributed by atoms with van der Waals surface area (Å²) in [6.45, 7) is 5.88. The van der Waals surface area contributed by atoms with Crippen molar-refractivity contribution in [3.05, 3.63) is 33.5 Å². The lowest BCUT2D eigenvalue weighted by atomic mass is 10.1. The number of aryl methyl sites for hydroxylation is 2. The summed E-state index contributed by atoms with van der Waals surface area (Å²) < 4.78 is 0. The summed E-state index contributed by atoms with van der Waals surface area (Å²) in [7, 11) is 0. The van der Waals surface area contributed by atoms with E-state index in [4.69, 9.17) is 0 Å². The molecule has 2 N–H and O–H groups in total. The summed E-state index contributed by atoms with van der Waals surface area (Å²) in [5, 5.41) is 12.9. The Bertz CT molecular complexity index is 560. The van der Waals surface area contributed by atoms with Gasteiger partial charge in [-0.25, -0.2) is 4.98 Å². The van der Waals surface area contributed by atoms with Crippen molar-refractivity contribution in [2.45, 2.75) is 39.7 Å². The molecule has 2 aromatic rings. The van der Waals surface area contributed by atoms with Gasteiger partial charge in [0.05, 0.1) is 22.8 Å². The summed E-state index contributed by atoms with van der Waals surface area (Å²) in [5.41, 5.74) is 2.84. The van der Waals surface area contributed by atoms with Crippen LogP contribution in [0.25, 0.3) is 0 Å². The molecule has 0 aliphatic carbocycles. The van der Waals surface area contributed by atoms with Crippen LogP contribution in [0.15, 0.2) is 11.4 Å². The number of aromatic nitrogens is 3. The lowest BCUT2D eigenvalue weighted by Gasteiger charge is -2.11. The van der Waals surface area contributed by atoms with Gasteiger partial charge in [-0.3, -0.25) is 9.89 Å². The van der Waals surface area contributed by atoms with Crippen LogP contribution in [0.3, 0.4) is 0 Å². The molecular formula is C13H18N4OS. The number of H-pyrrole nitrogens is 1. The molecule has 6 heteroatoms. The third-order valence-electron chi connectivity index (χ3n) is 2.69. The number of amides is 1. The second-order valence-corrected chi connectivity index (χ2v) is 5.81. The minimum absolute atomic E-state index is 0.00468. The molecule has 1 atom stereocenters. The van der Waals surface area contributed by atoms with Crippen molar-refractivity contribution in [2.24, 2.45) is 0 Å². The van der Waals surface area contributed by atoms with Gasteiger partial charge in [0.2, 0.25) is 5.91 Å². The first-order valence-electron chi connectivity index (χ1n) is 6.24. The maximum Gasteiger partial charge on any atom is 0.226 e. The summed E-state index contributed by atoms with van der Waals surface area (Å²) in [5.74, 6) is 0.00468. The second-order valence-electron chi connectivity index (χ2n) is 4.75. The number of nitrogens with one attached hydrogen (secondary N) is 2. The van der Waals surface area contributed by atoms with E-state index < -0.39 is 0 Å². The average molecular weight is 278 g/mol. The van der Waals surface area contributed by atoms with Crippen LogP contribution in [0, 0.1) is 13.8 Å². The third kappa shape index (κ3) is 4.17. The molecule has 2 aromatic heterocycles. The van der Waals surface area contributed by atoms with Crippen LogP contribution < -0.4 is 5.32 Å². The molecular weight excluding hydrogens is 260 g/mol. The van der Waals surface area contributed by atoms with Crippen LogP contribution in [0.2, 0.25) is 0 Å². The first-order chi connectivity index (χ1) is 9.02. The van der Waals surface area contributed by atoms with Crippen LogP contribution in [-0.2, 0) is 17.6 Å². The van der Waals surface area contributed by atoms with E-state index in [0.29, 0.717) is 6.42 Å². The van der Waals surface area contributed by atoms with E-state index in [2.05, 4.69) is 20.5 Å². The predicted octanol–water partition coefficient (Wildman–Crippen LogP) is 1.77. The number of rotatable bonds is 5. The molecule has 0 saturated carbocycles. The first kappa shape index (κ1) is 13.7. The van der Waals surface area contributed by atoms with Gasteiger partial charge < -0.3 is 5.32 Å². The van der Waals surface area contributed by atoms with E-state index in [1.54, 1.807) is 11.3 Å². The van der Waals surface area contributed by atoms with Crippen LogP contribution >= 0.6 is 11.3 Å². The van der Waals surface area contributed by atoms with Crippen molar-refractivity contribution in [1.82, 2.24) is 20.5 Å². The fraction of sp³-hybridized carbons (Fsp3) is 0.462. The molecule has 0 saturated heterocycles. The maximum atomic E-state index is 11.9. The van der Waals surface area contributed by atoms with Gasteiger partial charge in [0.25, 0.3) is 0 Å². The topological polar surface area (TPSA) is 70.7 Å². The molecule has 2 rings (SSSR count). The zero-order chi connectivity index (χ0) is 13.8. The first-order valence-corrected chi connectivity index (χ1v) is 7.12. The molecule has 5 nitrogen and oxygen atoms in total. The van der Waals surface area contributed by atoms with Crippen molar-refractivity contribution < 1.29 is 4.79 Å². The highest BCUT2D eigenvalue weighted by Crippen LogP contribution is 2.08. The highest BCUT2D eigenvalue weighted by Gasteiger charge is 2.11. The van der Waals surface area contributed by atoms with E-state index in [1.807, 2.05) is 32.2 Å². The van der Waals surface area contributed by atoms with Crippen LogP contribution in [0.1, 0.15) is 29.0 Å². The molecule has 0 aromatic carbocycles. The van der Waals surface area contributed by atoms with Gasteiger partial charge in [-0.05, 0) is 26.8 Å². The molecule has 2 heterocycles. The summed E-state index contributed by atoms with van der Waals surface area (Å²) in [6.07, 6.45) is 1.07. The van der Waals surface area contributed by atoms with Crippen molar-refractivity contribution in [3.63, 3.8) is 0 Å². The fourth-order valence-corrected chi connectivity index (χ4v) is 2.54. The van der Waals surface area contributed by atoms with Crippen molar-refractivity contribution in [3.8, 4) is 0 Å². The zero-order valence-corrected chi connectivity index (χ0v) is 12.2. The Morgan fingerprint density at radius 2 is 2.26 bits per heavy atom. The number of aromatic amines is 1. The van der Waals surface area contributed by atoms with Gasteiger partial charge in [0.1, 0.15) is 0 Å². The number of hydrogen-bond acceptors (Lipinski definition) is 4. The molecule has 0 radical (unpaired) electrons. The lowest BCUT2D eigenvalue weighted by Crippen LogP contribution is -2.35. The predicted molar refractivity (Wildman–Crippen MR) is 75.2 cm³/mol. The molecule has 0 unspecified atom stereocenters. The van der Waals surface area contributed by atoms with Crippen LogP contribution in [0.4, 0.5) is 0 Å². The van der Waals surface area contributed by atoms with Crippen LogP contribution in [-0.4, -0.2) is 27.1 Å². The van der Waals surface area contributed by atoms with Gasteiger partial charge in [0, 0.05) is 23.5 Å². The summed E-state index contributed by atoms with van der Waals surface area (Å²) in [6, 6.07) is 2.06. The van der Waals surface area contributed by atoms with Gasteiger partial charge in [-0.1, -0.05) is 0 Å². The molecule has 0 aliphatic rings. The van der Waals surface area contributed by atoms with E-state index in [0.717, 1.165) is 28.5 Å². The molecule has 1 amide bonds. The standard InChI is InChI=1S/C13H18N4OS/c1-8(4-11-5-9(2)16-17-11)14-13(18)6-12-7-19-10(3)15-12/h5,7-8H,4,6H2,1-3H3,(H,14,18)(H,16,17)/t8-/m0/s1. The van der Waals surface area contributed by atoms with Gasteiger partial charge in [0.15, 0.2) is 0 Å². The third-order valence-corrected chi connectivity index (χ3v) is 3.51. The Labute approximate surface area is 116 Å². The van der Waals surface area contributed by atoms with Gasteiger partial charge in [-0.15, -0.1) is 11.3 Å².